The van der Waals surface area contributed by atoms with Crippen LogP contribution in [0.5, 0.6) is 0 Å². The molecule has 0 saturated carbocycles. The van der Waals surface area contributed by atoms with Crippen LogP contribution in [0.25, 0.3) is 0 Å². The van der Waals surface area contributed by atoms with Gasteiger partial charge in [-0.05, 0) is 18.4 Å². The summed E-state index contributed by atoms with van der Waals surface area (Å²) in [5.41, 5.74) is 1.04. The van der Waals surface area contributed by atoms with Crippen molar-refractivity contribution in [1.82, 2.24) is 0 Å². The van der Waals surface area contributed by atoms with Crippen LogP contribution in [0.1, 0.15) is 24.3 Å². The first-order valence-electron chi connectivity index (χ1n) is 5.01. The van der Waals surface area contributed by atoms with Crippen LogP contribution in [0, 0.1) is 10.1 Å². The summed E-state index contributed by atoms with van der Waals surface area (Å²) in [7, 11) is 0. The second kappa shape index (κ2) is 5.96. The van der Waals surface area contributed by atoms with Gasteiger partial charge in [0.15, 0.2) is 0 Å². The molecule has 0 amide bonds. The van der Waals surface area contributed by atoms with E-state index in [-0.39, 0.29) is 17.4 Å². The lowest BCUT2D eigenvalue weighted by Crippen LogP contribution is -2.12. The van der Waals surface area contributed by atoms with Crippen LogP contribution >= 0.6 is 0 Å². The highest BCUT2D eigenvalue weighted by molar-refractivity contribution is 5.19. The van der Waals surface area contributed by atoms with E-state index in [1.165, 1.54) is 0 Å². The number of hydrogen-bond donors (Lipinski definition) is 0. The van der Waals surface area contributed by atoms with Gasteiger partial charge in [-0.15, -0.1) is 6.58 Å². The van der Waals surface area contributed by atoms with Gasteiger partial charge in [0, 0.05) is 10.8 Å². The van der Waals surface area contributed by atoms with Crippen molar-refractivity contribution in [2.24, 2.45) is 0 Å². The van der Waals surface area contributed by atoms with Crippen molar-refractivity contribution in [2.45, 2.75) is 18.8 Å². The van der Waals surface area contributed by atoms with Gasteiger partial charge in [-0.25, -0.2) is 0 Å². The predicted molar refractivity (Wildman–Crippen MR) is 60.5 cm³/mol. The molecule has 1 aromatic carbocycles. The lowest BCUT2D eigenvalue weighted by Gasteiger charge is -2.11. The Bertz CT molecular complexity index is 322. The molecule has 3 nitrogen and oxygen atoms in total. The molecule has 0 aromatic heterocycles. The third kappa shape index (κ3) is 3.94. The van der Waals surface area contributed by atoms with Crippen molar-refractivity contribution in [3.05, 3.63) is 58.7 Å². The van der Waals surface area contributed by atoms with Crippen molar-refractivity contribution in [2.75, 3.05) is 6.54 Å². The van der Waals surface area contributed by atoms with Gasteiger partial charge < -0.3 is 0 Å². The first-order chi connectivity index (χ1) is 7.24. The summed E-state index contributed by atoms with van der Waals surface area (Å²) in [5, 5.41) is 10.5. The Morgan fingerprint density at radius 2 is 2.07 bits per heavy atom. The largest absolute Gasteiger partial charge is 0.265 e. The molecule has 15 heavy (non-hydrogen) atoms. The van der Waals surface area contributed by atoms with E-state index in [2.05, 4.69) is 6.58 Å². The molecule has 0 aliphatic heterocycles. The van der Waals surface area contributed by atoms with Crippen molar-refractivity contribution in [1.29, 1.82) is 0 Å². The Morgan fingerprint density at radius 3 is 2.60 bits per heavy atom. The minimum atomic E-state index is -0.249. The maximum Gasteiger partial charge on any atom is 0.210 e. The number of allylic oxidation sites excluding steroid dienone is 1. The normalized spacial score (nSPS) is 12.0. The fourth-order valence-corrected chi connectivity index (χ4v) is 1.59. The van der Waals surface area contributed by atoms with Crippen molar-refractivity contribution in [3.63, 3.8) is 0 Å². The van der Waals surface area contributed by atoms with Gasteiger partial charge >= 0.3 is 0 Å². The highest BCUT2D eigenvalue weighted by Crippen LogP contribution is 2.21. The van der Waals surface area contributed by atoms with Gasteiger partial charge in [-0.2, -0.15) is 0 Å². The molecule has 1 unspecified atom stereocenters. The van der Waals surface area contributed by atoms with Crippen molar-refractivity contribution in [3.8, 4) is 0 Å². The molecule has 0 spiro atoms. The zero-order chi connectivity index (χ0) is 11.1. The summed E-state index contributed by atoms with van der Waals surface area (Å²) >= 11 is 0. The molecule has 0 aliphatic carbocycles. The zero-order valence-electron chi connectivity index (χ0n) is 8.63. The molecular formula is C12H15NO2. The summed E-state index contributed by atoms with van der Waals surface area (Å²) in [6, 6.07) is 9.63. The number of benzene rings is 1. The molecule has 1 aromatic rings. The minimum Gasteiger partial charge on any atom is -0.265 e. The van der Waals surface area contributed by atoms with Gasteiger partial charge in [-0.1, -0.05) is 36.4 Å². The van der Waals surface area contributed by atoms with E-state index >= 15 is 0 Å². The number of rotatable bonds is 6. The van der Waals surface area contributed by atoms with E-state index in [0.29, 0.717) is 0 Å². The molecule has 0 radical (unpaired) electrons. The van der Waals surface area contributed by atoms with E-state index < -0.39 is 0 Å². The standard InChI is InChI=1S/C12H15NO2/c1-2-3-7-12(10-13(14)15)11-8-5-4-6-9-11/h2,4-6,8-9,12H,1,3,7,10H2. The summed E-state index contributed by atoms with van der Waals surface area (Å²) in [4.78, 5) is 10.3. The monoisotopic (exact) mass is 205 g/mol. The molecule has 1 rings (SSSR count). The molecule has 0 bridgehead atoms. The second-order valence-corrected chi connectivity index (χ2v) is 3.49. The first-order valence-corrected chi connectivity index (χ1v) is 5.01. The fraction of sp³-hybridized carbons (Fsp3) is 0.333. The highest BCUT2D eigenvalue weighted by Gasteiger charge is 2.16. The Balaban J connectivity index is 2.71. The molecule has 1 atom stereocenters. The summed E-state index contributed by atoms with van der Waals surface area (Å²) in [6.07, 6.45) is 3.40. The van der Waals surface area contributed by atoms with Gasteiger partial charge in [0.25, 0.3) is 0 Å². The third-order valence-electron chi connectivity index (χ3n) is 2.36. The first kappa shape index (κ1) is 11.4. The topological polar surface area (TPSA) is 43.1 Å². The fourth-order valence-electron chi connectivity index (χ4n) is 1.59. The smallest absolute Gasteiger partial charge is 0.210 e. The Morgan fingerprint density at radius 1 is 1.40 bits per heavy atom. The summed E-state index contributed by atoms with van der Waals surface area (Å²) in [6.45, 7) is 3.63. The van der Waals surface area contributed by atoms with Gasteiger partial charge in [0.2, 0.25) is 6.54 Å². The molecule has 0 fully saturated rings. The van der Waals surface area contributed by atoms with Crippen LogP contribution in [0.4, 0.5) is 0 Å². The maximum atomic E-state index is 10.5. The van der Waals surface area contributed by atoms with Crippen molar-refractivity contribution < 1.29 is 4.92 Å². The van der Waals surface area contributed by atoms with Gasteiger partial charge in [-0.3, -0.25) is 10.1 Å². The summed E-state index contributed by atoms with van der Waals surface area (Å²) in [5.74, 6) is -0.000741. The number of nitro groups is 1. The number of hydrogen-bond acceptors (Lipinski definition) is 2. The lowest BCUT2D eigenvalue weighted by molar-refractivity contribution is -0.483. The van der Waals surface area contributed by atoms with Crippen molar-refractivity contribution >= 4 is 0 Å². The average Bonchev–Trinajstić information content (AvgIpc) is 2.25. The van der Waals surface area contributed by atoms with E-state index in [0.717, 1.165) is 18.4 Å². The minimum absolute atomic E-state index is 0.000741. The quantitative estimate of drug-likeness (QED) is 0.407. The van der Waals surface area contributed by atoms with Crippen LogP contribution in [0.2, 0.25) is 0 Å². The number of nitrogens with zero attached hydrogens (tertiary/aromatic N) is 1. The lowest BCUT2D eigenvalue weighted by atomic mass is 9.94. The molecule has 0 heterocycles. The Hall–Kier alpha value is -1.64. The van der Waals surface area contributed by atoms with Crippen LogP contribution in [-0.4, -0.2) is 11.5 Å². The predicted octanol–water partition coefficient (Wildman–Crippen LogP) is 3.01. The molecule has 0 aliphatic rings. The molecule has 80 valence electrons. The molecule has 3 heteroatoms. The van der Waals surface area contributed by atoms with Gasteiger partial charge in [0.05, 0.1) is 0 Å². The van der Waals surface area contributed by atoms with Crippen LogP contribution in [-0.2, 0) is 0 Å². The summed E-state index contributed by atoms with van der Waals surface area (Å²) < 4.78 is 0. The zero-order valence-corrected chi connectivity index (χ0v) is 8.63. The SMILES string of the molecule is C=CCCC(C[N+](=O)[O-])c1ccccc1. The van der Waals surface area contributed by atoms with E-state index in [1.807, 2.05) is 30.3 Å². The molecule has 0 N–H and O–H groups in total. The maximum absolute atomic E-state index is 10.5. The van der Waals surface area contributed by atoms with Crippen LogP contribution in [0.15, 0.2) is 43.0 Å². The second-order valence-electron chi connectivity index (χ2n) is 3.49. The molecule has 0 saturated heterocycles. The third-order valence-corrected chi connectivity index (χ3v) is 2.36. The van der Waals surface area contributed by atoms with E-state index in [1.54, 1.807) is 6.08 Å². The highest BCUT2D eigenvalue weighted by atomic mass is 16.6. The Kier molecular flexibility index (Phi) is 4.54. The average molecular weight is 205 g/mol. The van der Waals surface area contributed by atoms with Crippen LogP contribution in [0.3, 0.4) is 0 Å². The van der Waals surface area contributed by atoms with E-state index in [4.69, 9.17) is 0 Å². The van der Waals surface area contributed by atoms with E-state index in [9.17, 15) is 10.1 Å². The molecular weight excluding hydrogens is 190 g/mol. The van der Waals surface area contributed by atoms with Gasteiger partial charge in [0.1, 0.15) is 0 Å². The Labute approximate surface area is 89.6 Å². The van der Waals surface area contributed by atoms with Crippen LogP contribution < -0.4 is 0 Å².